The highest BCUT2D eigenvalue weighted by atomic mass is 16.3. The van der Waals surface area contributed by atoms with Gasteiger partial charge in [-0.2, -0.15) is 0 Å². The summed E-state index contributed by atoms with van der Waals surface area (Å²) in [5.41, 5.74) is 2.20. The van der Waals surface area contributed by atoms with Gasteiger partial charge in [0.1, 0.15) is 5.58 Å². The average Bonchev–Trinajstić information content (AvgIpc) is 2.62. The minimum Gasteiger partial charge on any atom is -0.464 e. The molecule has 0 bridgehead atoms. The summed E-state index contributed by atoms with van der Waals surface area (Å²) in [5.74, 6) is 0. The lowest BCUT2D eigenvalue weighted by Gasteiger charge is -2.14. The monoisotopic (exact) mass is 204 g/mol. The Labute approximate surface area is 89.7 Å². The minimum absolute atomic E-state index is 0.875. The molecule has 1 aromatic heterocycles. The van der Waals surface area contributed by atoms with Crippen molar-refractivity contribution in [2.75, 3.05) is 20.8 Å². The van der Waals surface area contributed by atoms with Crippen molar-refractivity contribution in [3.05, 3.63) is 36.1 Å². The van der Waals surface area contributed by atoms with Gasteiger partial charge in [0, 0.05) is 24.2 Å². The van der Waals surface area contributed by atoms with E-state index < -0.39 is 0 Å². The number of benzene rings is 1. The van der Waals surface area contributed by atoms with Gasteiger partial charge in [-0.25, -0.2) is 0 Å². The fraction of sp³-hybridized carbons (Fsp3) is 0.333. The maximum absolute atomic E-state index is 5.48. The van der Waals surface area contributed by atoms with Crippen molar-refractivity contribution in [3.63, 3.8) is 0 Å². The fourth-order valence-electron chi connectivity index (χ4n) is 1.77. The van der Waals surface area contributed by atoms with Gasteiger partial charge >= 0.3 is 0 Å². The Morgan fingerprint density at radius 1 is 1.33 bits per heavy atom. The molecule has 0 aliphatic rings. The molecule has 1 N–H and O–H groups in total. The van der Waals surface area contributed by atoms with Crippen LogP contribution < -0.4 is 5.32 Å². The van der Waals surface area contributed by atoms with Crippen molar-refractivity contribution in [2.45, 2.75) is 6.54 Å². The zero-order chi connectivity index (χ0) is 10.7. The summed E-state index contributed by atoms with van der Waals surface area (Å²) in [5, 5.41) is 4.33. The summed E-state index contributed by atoms with van der Waals surface area (Å²) < 4.78 is 5.48. The molecule has 0 saturated carbocycles. The molecule has 0 aliphatic heterocycles. The standard InChI is InChI=1S/C12H16N2O/c1-13-9-14(2)7-10-8-15-12-6-4-3-5-11(10)12/h3-6,8,13H,7,9H2,1-2H3. The first-order valence-corrected chi connectivity index (χ1v) is 5.09. The lowest BCUT2D eigenvalue weighted by Crippen LogP contribution is -2.27. The Bertz CT molecular complexity index is 436. The maximum atomic E-state index is 5.48. The summed E-state index contributed by atoms with van der Waals surface area (Å²) in [6.07, 6.45) is 1.84. The molecule has 2 rings (SSSR count). The third kappa shape index (κ3) is 2.19. The number of nitrogens with zero attached hydrogens (tertiary/aromatic N) is 1. The third-order valence-electron chi connectivity index (χ3n) is 2.43. The van der Waals surface area contributed by atoms with Crippen molar-refractivity contribution in [1.82, 2.24) is 10.2 Å². The van der Waals surface area contributed by atoms with Gasteiger partial charge in [-0.15, -0.1) is 0 Å². The molecule has 0 amide bonds. The molecule has 0 aliphatic carbocycles. The molecule has 2 aromatic rings. The van der Waals surface area contributed by atoms with Gasteiger partial charge in [-0.1, -0.05) is 18.2 Å². The van der Waals surface area contributed by atoms with Crippen molar-refractivity contribution in [3.8, 4) is 0 Å². The van der Waals surface area contributed by atoms with E-state index in [9.17, 15) is 0 Å². The Kier molecular flexibility index (Phi) is 3.04. The van der Waals surface area contributed by atoms with Crippen molar-refractivity contribution >= 4 is 11.0 Å². The topological polar surface area (TPSA) is 28.4 Å². The smallest absolute Gasteiger partial charge is 0.134 e. The van der Waals surface area contributed by atoms with E-state index in [-0.39, 0.29) is 0 Å². The number of hydrogen-bond donors (Lipinski definition) is 1. The first-order valence-electron chi connectivity index (χ1n) is 5.09. The van der Waals surface area contributed by atoms with Crippen molar-refractivity contribution < 1.29 is 4.42 Å². The van der Waals surface area contributed by atoms with Crippen LogP contribution in [0.5, 0.6) is 0 Å². The third-order valence-corrected chi connectivity index (χ3v) is 2.43. The largest absolute Gasteiger partial charge is 0.464 e. The molecule has 3 heteroatoms. The van der Waals surface area contributed by atoms with E-state index in [1.54, 1.807) is 0 Å². The average molecular weight is 204 g/mol. The summed E-state index contributed by atoms with van der Waals surface area (Å²) in [7, 11) is 4.03. The molecule has 1 aromatic carbocycles. The Morgan fingerprint density at radius 3 is 2.93 bits per heavy atom. The zero-order valence-electron chi connectivity index (χ0n) is 9.16. The van der Waals surface area contributed by atoms with Gasteiger partial charge in [-0.05, 0) is 20.2 Å². The SMILES string of the molecule is CNCN(C)Cc1coc2ccccc12. The molecule has 0 atom stereocenters. The van der Waals surface area contributed by atoms with Gasteiger partial charge in [0.2, 0.25) is 0 Å². The number of furan rings is 1. The van der Waals surface area contributed by atoms with Gasteiger partial charge in [0.05, 0.1) is 6.26 Å². The lowest BCUT2D eigenvalue weighted by atomic mass is 10.2. The van der Waals surface area contributed by atoms with Gasteiger partial charge in [-0.3, -0.25) is 4.90 Å². The van der Waals surface area contributed by atoms with Crippen LogP contribution in [-0.4, -0.2) is 25.7 Å². The van der Waals surface area contributed by atoms with Crippen LogP contribution >= 0.6 is 0 Å². The molecule has 0 spiro atoms. The number of nitrogens with one attached hydrogen (secondary N) is 1. The molecule has 0 unspecified atom stereocenters. The summed E-state index contributed by atoms with van der Waals surface area (Å²) in [4.78, 5) is 2.21. The molecule has 80 valence electrons. The predicted molar refractivity (Wildman–Crippen MR) is 61.6 cm³/mol. The minimum atomic E-state index is 0.875. The van der Waals surface area contributed by atoms with E-state index in [0.29, 0.717) is 0 Å². The molecule has 1 heterocycles. The molecular weight excluding hydrogens is 188 g/mol. The Balaban J connectivity index is 2.21. The van der Waals surface area contributed by atoms with Crippen molar-refractivity contribution in [2.24, 2.45) is 0 Å². The van der Waals surface area contributed by atoms with Crippen LogP contribution in [0, 0.1) is 0 Å². The summed E-state index contributed by atoms with van der Waals surface area (Å²) in [6.45, 7) is 1.78. The second-order valence-electron chi connectivity index (χ2n) is 3.78. The van der Waals surface area contributed by atoms with Gasteiger partial charge in [0.15, 0.2) is 0 Å². The highest BCUT2D eigenvalue weighted by Crippen LogP contribution is 2.21. The summed E-state index contributed by atoms with van der Waals surface area (Å²) >= 11 is 0. The Morgan fingerprint density at radius 2 is 2.13 bits per heavy atom. The van der Waals surface area contributed by atoms with Crippen LogP contribution in [0.4, 0.5) is 0 Å². The molecule has 3 nitrogen and oxygen atoms in total. The van der Waals surface area contributed by atoms with Crippen LogP contribution in [0.2, 0.25) is 0 Å². The second-order valence-corrected chi connectivity index (χ2v) is 3.78. The first-order chi connectivity index (χ1) is 7.31. The highest BCUT2D eigenvalue weighted by Gasteiger charge is 2.06. The van der Waals surface area contributed by atoms with Crippen LogP contribution in [0.3, 0.4) is 0 Å². The lowest BCUT2D eigenvalue weighted by molar-refractivity contribution is 0.309. The fourth-order valence-corrected chi connectivity index (χ4v) is 1.77. The molecular formula is C12H16N2O. The normalized spacial score (nSPS) is 11.4. The van der Waals surface area contributed by atoms with E-state index >= 15 is 0 Å². The predicted octanol–water partition coefficient (Wildman–Crippen LogP) is 2.04. The molecule has 0 radical (unpaired) electrons. The zero-order valence-corrected chi connectivity index (χ0v) is 9.16. The number of para-hydroxylation sites is 1. The Hall–Kier alpha value is -1.32. The van der Waals surface area contributed by atoms with E-state index in [4.69, 9.17) is 4.42 Å². The molecule has 0 saturated heterocycles. The quantitative estimate of drug-likeness (QED) is 0.772. The molecule has 15 heavy (non-hydrogen) atoms. The van der Waals surface area contributed by atoms with E-state index in [0.717, 1.165) is 18.8 Å². The van der Waals surface area contributed by atoms with Crippen LogP contribution in [0.25, 0.3) is 11.0 Å². The maximum Gasteiger partial charge on any atom is 0.134 e. The van der Waals surface area contributed by atoms with Crippen molar-refractivity contribution in [1.29, 1.82) is 0 Å². The van der Waals surface area contributed by atoms with Gasteiger partial charge in [0.25, 0.3) is 0 Å². The van der Waals surface area contributed by atoms with Gasteiger partial charge < -0.3 is 9.73 Å². The van der Waals surface area contributed by atoms with E-state index in [1.807, 2.05) is 31.5 Å². The second kappa shape index (κ2) is 4.47. The summed E-state index contributed by atoms with van der Waals surface area (Å²) in [6, 6.07) is 8.13. The van der Waals surface area contributed by atoms with Crippen LogP contribution in [0.1, 0.15) is 5.56 Å². The number of rotatable bonds is 4. The number of hydrogen-bond acceptors (Lipinski definition) is 3. The van der Waals surface area contributed by atoms with E-state index in [1.165, 1.54) is 10.9 Å². The van der Waals surface area contributed by atoms with Crippen LogP contribution in [-0.2, 0) is 6.54 Å². The van der Waals surface area contributed by atoms with Crippen LogP contribution in [0.15, 0.2) is 34.9 Å². The number of fused-ring (bicyclic) bond motifs is 1. The van der Waals surface area contributed by atoms with E-state index in [2.05, 4.69) is 23.3 Å². The molecule has 0 fully saturated rings. The first kappa shape index (κ1) is 10.2. The highest BCUT2D eigenvalue weighted by molar-refractivity contribution is 5.80.